The van der Waals surface area contributed by atoms with Crippen LogP contribution >= 0.6 is 0 Å². The third-order valence-electron chi connectivity index (χ3n) is 3.81. The van der Waals surface area contributed by atoms with Crippen LogP contribution in [-0.2, 0) is 11.3 Å². The van der Waals surface area contributed by atoms with Crippen molar-refractivity contribution in [3.63, 3.8) is 0 Å². The Balaban J connectivity index is 0.000000277. The number of hydrogen-bond acceptors (Lipinski definition) is 3. The Bertz CT molecular complexity index is 756. The zero-order valence-electron chi connectivity index (χ0n) is 15.0. The van der Waals surface area contributed by atoms with Crippen molar-refractivity contribution in [2.24, 2.45) is 11.1 Å². The molecule has 4 nitrogen and oxygen atoms in total. The predicted molar refractivity (Wildman–Crippen MR) is 101 cm³/mol. The Kier molecular flexibility index (Phi) is 5.99. The van der Waals surface area contributed by atoms with Crippen molar-refractivity contribution in [2.45, 2.75) is 27.3 Å². The van der Waals surface area contributed by atoms with E-state index in [1.807, 2.05) is 12.1 Å². The normalized spacial score (nSPS) is 12.5. The fourth-order valence-corrected chi connectivity index (χ4v) is 2.14. The highest BCUT2D eigenvalue weighted by Gasteiger charge is 2.18. The number of benzene rings is 2. The Morgan fingerprint density at radius 2 is 1.72 bits per heavy atom. The fourth-order valence-electron chi connectivity index (χ4n) is 2.14. The van der Waals surface area contributed by atoms with E-state index in [9.17, 15) is 4.79 Å². The zero-order valence-corrected chi connectivity index (χ0v) is 15.0. The van der Waals surface area contributed by atoms with Crippen LogP contribution in [0.2, 0.25) is 0 Å². The smallest absolute Gasteiger partial charge is 0.308 e. The summed E-state index contributed by atoms with van der Waals surface area (Å²) in [6, 6.07) is 14.6. The molecular weight excluding hydrogens is 314 g/mol. The molecule has 1 aliphatic heterocycles. The second-order valence-corrected chi connectivity index (χ2v) is 6.92. The zero-order chi connectivity index (χ0) is 18.4. The highest BCUT2D eigenvalue weighted by molar-refractivity contribution is 5.73. The van der Waals surface area contributed by atoms with E-state index in [2.05, 4.69) is 42.5 Å². The van der Waals surface area contributed by atoms with Crippen LogP contribution in [0.25, 0.3) is 17.2 Å². The molecule has 0 bridgehead atoms. The first-order valence-electron chi connectivity index (χ1n) is 8.27. The van der Waals surface area contributed by atoms with Gasteiger partial charge in [-0.25, -0.2) is 0 Å². The highest BCUT2D eigenvalue weighted by Crippen LogP contribution is 2.29. The van der Waals surface area contributed by atoms with E-state index in [-0.39, 0.29) is 0 Å². The third kappa shape index (κ3) is 5.19. The van der Waals surface area contributed by atoms with E-state index in [1.165, 1.54) is 11.1 Å². The second kappa shape index (κ2) is 7.99. The van der Waals surface area contributed by atoms with E-state index >= 15 is 0 Å². The molecule has 2 aromatic carbocycles. The van der Waals surface area contributed by atoms with E-state index in [0.717, 1.165) is 16.9 Å². The number of aliphatic carboxylic acids is 1. The average molecular weight is 339 g/mol. The molecule has 0 aromatic heterocycles. The minimum atomic E-state index is -0.757. The summed E-state index contributed by atoms with van der Waals surface area (Å²) in [6.45, 7) is 6.23. The fraction of sp³-hybridized carbons (Fsp3) is 0.286. The quantitative estimate of drug-likeness (QED) is 0.854. The largest absolute Gasteiger partial charge is 0.489 e. The first-order chi connectivity index (χ1) is 11.8. The van der Waals surface area contributed by atoms with Crippen LogP contribution in [-0.4, -0.2) is 17.7 Å². The highest BCUT2D eigenvalue weighted by atomic mass is 16.5. The summed E-state index contributed by atoms with van der Waals surface area (Å²) >= 11 is 0. The number of carboxylic acid groups (broad SMARTS) is 1. The average Bonchev–Trinajstić information content (AvgIpc) is 2.61. The van der Waals surface area contributed by atoms with Gasteiger partial charge in [0.05, 0.1) is 5.41 Å². The molecule has 0 spiro atoms. The first-order valence-corrected chi connectivity index (χ1v) is 8.27. The standard InChI is InChI=1S/C16H15NO.C5H10O2/c17-11-12-3-5-13(6-4-12)14-7-8-16-15(10-14)2-1-9-18-16;1-5(2,3)4(6)7/h1-8,10H,9,11,17H2;1-3H3,(H,6,7). The molecule has 0 amide bonds. The number of carbonyl (C=O) groups is 1. The molecule has 1 aliphatic rings. The van der Waals surface area contributed by atoms with E-state index < -0.39 is 11.4 Å². The number of rotatable bonds is 2. The molecule has 2 aromatic rings. The maximum atomic E-state index is 10.0. The summed E-state index contributed by atoms with van der Waals surface area (Å²) in [5.74, 6) is 0.201. The van der Waals surface area contributed by atoms with Gasteiger partial charge in [-0.2, -0.15) is 0 Å². The van der Waals surface area contributed by atoms with Gasteiger partial charge >= 0.3 is 5.97 Å². The van der Waals surface area contributed by atoms with Gasteiger partial charge in [0.15, 0.2) is 0 Å². The lowest BCUT2D eigenvalue weighted by Gasteiger charge is -2.13. The molecule has 0 saturated carbocycles. The Hall–Kier alpha value is -2.59. The molecule has 3 N–H and O–H groups in total. The van der Waals surface area contributed by atoms with Gasteiger partial charge in [0.25, 0.3) is 0 Å². The van der Waals surface area contributed by atoms with Crippen LogP contribution in [0.1, 0.15) is 31.9 Å². The van der Waals surface area contributed by atoms with Crippen molar-refractivity contribution in [2.75, 3.05) is 6.61 Å². The summed E-state index contributed by atoms with van der Waals surface area (Å²) < 4.78 is 5.55. The number of nitrogens with two attached hydrogens (primary N) is 1. The number of hydrogen-bond donors (Lipinski definition) is 2. The molecule has 0 aliphatic carbocycles. The summed E-state index contributed by atoms with van der Waals surface area (Å²) in [6.07, 6.45) is 4.14. The summed E-state index contributed by atoms with van der Waals surface area (Å²) in [5.41, 5.74) is 9.72. The lowest BCUT2D eigenvalue weighted by atomic mass is 9.98. The van der Waals surface area contributed by atoms with Gasteiger partial charge in [-0.1, -0.05) is 36.4 Å². The van der Waals surface area contributed by atoms with Gasteiger partial charge in [0.2, 0.25) is 0 Å². The minimum absolute atomic E-state index is 0.583. The van der Waals surface area contributed by atoms with Gasteiger partial charge in [-0.05, 0) is 55.7 Å². The summed E-state index contributed by atoms with van der Waals surface area (Å²) in [5, 5.41) is 8.25. The maximum Gasteiger partial charge on any atom is 0.308 e. The SMILES string of the molecule is CC(C)(C)C(=O)O.NCc1ccc(-c2ccc3c(c2)C=CCO3)cc1. The topological polar surface area (TPSA) is 72.5 Å². The molecule has 25 heavy (non-hydrogen) atoms. The monoisotopic (exact) mass is 339 g/mol. The van der Waals surface area contributed by atoms with Crippen LogP contribution in [0.4, 0.5) is 0 Å². The molecule has 0 radical (unpaired) electrons. The van der Waals surface area contributed by atoms with Crippen LogP contribution in [0, 0.1) is 5.41 Å². The minimum Gasteiger partial charge on any atom is -0.489 e. The van der Waals surface area contributed by atoms with Gasteiger partial charge in [0.1, 0.15) is 12.4 Å². The lowest BCUT2D eigenvalue weighted by Crippen LogP contribution is -2.18. The molecular formula is C21H25NO3. The molecule has 0 saturated heterocycles. The van der Waals surface area contributed by atoms with Crippen LogP contribution in [0.15, 0.2) is 48.5 Å². The van der Waals surface area contributed by atoms with Gasteiger partial charge in [-0.15, -0.1) is 0 Å². The Labute approximate surface area is 148 Å². The van der Waals surface area contributed by atoms with E-state index in [1.54, 1.807) is 20.8 Å². The van der Waals surface area contributed by atoms with Crippen LogP contribution in [0.3, 0.4) is 0 Å². The molecule has 0 unspecified atom stereocenters. The van der Waals surface area contributed by atoms with Gasteiger partial charge in [0, 0.05) is 12.1 Å². The number of carboxylic acids is 1. The van der Waals surface area contributed by atoms with Crippen LogP contribution in [0.5, 0.6) is 5.75 Å². The number of ether oxygens (including phenoxy) is 1. The van der Waals surface area contributed by atoms with Gasteiger partial charge in [-0.3, -0.25) is 4.79 Å². The van der Waals surface area contributed by atoms with Gasteiger partial charge < -0.3 is 15.6 Å². The summed E-state index contributed by atoms with van der Waals surface area (Å²) in [4.78, 5) is 10.0. The first kappa shape index (κ1) is 18.7. The van der Waals surface area contributed by atoms with Crippen molar-refractivity contribution in [1.29, 1.82) is 0 Å². The molecule has 3 rings (SSSR count). The van der Waals surface area contributed by atoms with Crippen molar-refractivity contribution < 1.29 is 14.6 Å². The molecule has 132 valence electrons. The Morgan fingerprint density at radius 1 is 1.12 bits per heavy atom. The molecule has 4 heteroatoms. The van der Waals surface area contributed by atoms with Crippen molar-refractivity contribution >= 4 is 12.0 Å². The maximum absolute atomic E-state index is 10.0. The van der Waals surface area contributed by atoms with Crippen LogP contribution < -0.4 is 10.5 Å². The van der Waals surface area contributed by atoms with E-state index in [0.29, 0.717) is 13.2 Å². The Morgan fingerprint density at radius 3 is 2.28 bits per heavy atom. The van der Waals surface area contributed by atoms with Crippen molar-refractivity contribution in [1.82, 2.24) is 0 Å². The predicted octanol–water partition coefficient (Wildman–Crippen LogP) is 4.34. The second-order valence-electron chi connectivity index (χ2n) is 6.92. The lowest BCUT2D eigenvalue weighted by molar-refractivity contribution is -0.145. The van der Waals surface area contributed by atoms with Crippen molar-refractivity contribution in [3.8, 4) is 16.9 Å². The molecule has 0 fully saturated rings. The van der Waals surface area contributed by atoms with E-state index in [4.69, 9.17) is 15.6 Å². The number of fused-ring (bicyclic) bond motifs is 1. The third-order valence-corrected chi connectivity index (χ3v) is 3.81. The van der Waals surface area contributed by atoms with Crippen molar-refractivity contribution in [3.05, 3.63) is 59.7 Å². The summed E-state index contributed by atoms with van der Waals surface area (Å²) in [7, 11) is 0. The molecule has 0 atom stereocenters. The molecule has 1 heterocycles.